The van der Waals surface area contributed by atoms with Crippen LogP contribution in [0.1, 0.15) is 35.3 Å². The Labute approximate surface area is 113 Å². The summed E-state index contributed by atoms with van der Waals surface area (Å²) in [6, 6.07) is 3.50. The number of aliphatic hydroxyl groups is 1. The monoisotopic (exact) mass is 262 g/mol. The van der Waals surface area contributed by atoms with Crippen molar-refractivity contribution in [3.8, 4) is 17.6 Å². The molecule has 1 aromatic carbocycles. The zero-order valence-corrected chi connectivity index (χ0v) is 11.8. The molecular formula is C15H18O4. The zero-order valence-electron chi connectivity index (χ0n) is 11.8. The van der Waals surface area contributed by atoms with Crippen LogP contribution in [0.4, 0.5) is 0 Å². The quantitative estimate of drug-likeness (QED) is 0.653. The Hall–Kier alpha value is -1.99. The van der Waals surface area contributed by atoms with Crippen LogP contribution in [0.25, 0.3) is 0 Å². The number of ether oxygens (including phenoxy) is 2. The number of rotatable bonds is 2. The molecule has 1 aromatic rings. The van der Waals surface area contributed by atoms with Crippen molar-refractivity contribution in [3.63, 3.8) is 0 Å². The van der Waals surface area contributed by atoms with E-state index >= 15 is 0 Å². The van der Waals surface area contributed by atoms with Crippen LogP contribution in [-0.4, -0.2) is 30.9 Å². The molecule has 0 saturated carbocycles. The van der Waals surface area contributed by atoms with Gasteiger partial charge in [0.2, 0.25) is 0 Å². The van der Waals surface area contributed by atoms with Crippen LogP contribution in [0, 0.1) is 18.8 Å². The molecule has 19 heavy (non-hydrogen) atoms. The van der Waals surface area contributed by atoms with Gasteiger partial charge in [-0.15, -0.1) is 0 Å². The van der Waals surface area contributed by atoms with Gasteiger partial charge in [0.25, 0.3) is 0 Å². The number of hydrogen-bond acceptors (Lipinski definition) is 4. The summed E-state index contributed by atoms with van der Waals surface area (Å²) in [4.78, 5) is 11.8. The minimum atomic E-state index is -1.13. The van der Waals surface area contributed by atoms with Crippen molar-refractivity contribution in [2.45, 2.75) is 26.4 Å². The number of methoxy groups -OCH3 is 2. The predicted molar refractivity (Wildman–Crippen MR) is 72.2 cm³/mol. The minimum absolute atomic E-state index is 0.271. The maximum absolute atomic E-state index is 11.8. The van der Waals surface area contributed by atoms with E-state index < -0.39 is 11.6 Å². The average molecular weight is 262 g/mol. The van der Waals surface area contributed by atoms with Crippen molar-refractivity contribution in [2.24, 2.45) is 0 Å². The first kappa shape index (κ1) is 15.1. The van der Waals surface area contributed by atoms with Crippen LogP contribution in [0.5, 0.6) is 5.75 Å². The molecule has 0 radical (unpaired) electrons. The second-order valence-electron chi connectivity index (χ2n) is 4.69. The second kappa shape index (κ2) is 5.77. The Morgan fingerprint density at radius 1 is 1.32 bits per heavy atom. The first-order valence-electron chi connectivity index (χ1n) is 5.81. The van der Waals surface area contributed by atoms with E-state index in [0.717, 1.165) is 5.56 Å². The molecule has 102 valence electrons. The molecule has 0 aliphatic rings. The maximum Gasteiger partial charge on any atom is 0.342 e. The van der Waals surface area contributed by atoms with E-state index in [4.69, 9.17) is 9.47 Å². The van der Waals surface area contributed by atoms with Gasteiger partial charge in [-0.2, -0.15) is 0 Å². The molecule has 0 aliphatic heterocycles. The number of esters is 1. The summed E-state index contributed by atoms with van der Waals surface area (Å²) in [5, 5.41) is 9.64. The zero-order chi connectivity index (χ0) is 14.6. The standard InChI is InChI=1S/C15H18O4/c1-10-8-11(6-7-15(2,3)17)13(14(16)19-5)12(9-10)18-4/h8-9,17H,1-5H3. The normalized spacial score (nSPS) is 10.4. The number of benzene rings is 1. The van der Waals surface area contributed by atoms with E-state index in [9.17, 15) is 9.90 Å². The Kier molecular flexibility index (Phi) is 4.57. The van der Waals surface area contributed by atoms with Gasteiger partial charge in [-0.3, -0.25) is 0 Å². The van der Waals surface area contributed by atoms with Crippen molar-refractivity contribution in [2.75, 3.05) is 14.2 Å². The van der Waals surface area contributed by atoms with Crippen LogP contribution < -0.4 is 4.74 Å². The summed E-state index contributed by atoms with van der Waals surface area (Å²) < 4.78 is 9.93. The maximum atomic E-state index is 11.8. The number of aryl methyl sites for hydroxylation is 1. The third kappa shape index (κ3) is 4.01. The smallest absolute Gasteiger partial charge is 0.342 e. The summed E-state index contributed by atoms with van der Waals surface area (Å²) in [5.41, 5.74) is 0.521. The molecule has 4 nitrogen and oxygen atoms in total. The molecular weight excluding hydrogens is 244 g/mol. The Balaban J connectivity index is 3.47. The lowest BCUT2D eigenvalue weighted by atomic mass is 10.0. The van der Waals surface area contributed by atoms with Crippen molar-refractivity contribution in [1.82, 2.24) is 0 Å². The molecule has 0 bridgehead atoms. The molecule has 0 unspecified atom stereocenters. The van der Waals surface area contributed by atoms with Gasteiger partial charge in [0.1, 0.15) is 16.9 Å². The van der Waals surface area contributed by atoms with Gasteiger partial charge >= 0.3 is 5.97 Å². The molecule has 0 heterocycles. The minimum Gasteiger partial charge on any atom is -0.496 e. The summed E-state index contributed by atoms with van der Waals surface area (Å²) in [6.45, 7) is 5.02. The van der Waals surface area contributed by atoms with Crippen molar-refractivity contribution >= 4 is 5.97 Å². The average Bonchev–Trinajstić information content (AvgIpc) is 2.33. The summed E-state index contributed by atoms with van der Waals surface area (Å²) >= 11 is 0. The largest absolute Gasteiger partial charge is 0.496 e. The first-order chi connectivity index (χ1) is 8.78. The lowest BCUT2D eigenvalue weighted by Crippen LogP contribution is -2.15. The van der Waals surface area contributed by atoms with Crippen molar-refractivity contribution in [1.29, 1.82) is 0 Å². The molecule has 0 aromatic heterocycles. The summed E-state index contributed by atoms with van der Waals surface area (Å²) in [5.74, 6) is 5.37. The Morgan fingerprint density at radius 3 is 2.42 bits per heavy atom. The van der Waals surface area contributed by atoms with Crippen molar-refractivity contribution < 1.29 is 19.4 Å². The van der Waals surface area contributed by atoms with Gasteiger partial charge in [0, 0.05) is 5.56 Å². The van der Waals surface area contributed by atoms with Crippen LogP contribution in [-0.2, 0) is 4.74 Å². The highest BCUT2D eigenvalue weighted by molar-refractivity contribution is 5.95. The first-order valence-corrected chi connectivity index (χ1v) is 5.81. The molecule has 1 N–H and O–H groups in total. The molecule has 0 spiro atoms. The Morgan fingerprint density at radius 2 is 1.95 bits per heavy atom. The Bertz CT molecular complexity index is 542. The molecule has 0 aliphatic carbocycles. The van der Waals surface area contributed by atoms with Crippen LogP contribution in [0.15, 0.2) is 12.1 Å². The third-order valence-electron chi connectivity index (χ3n) is 2.36. The summed E-state index contributed by atoms with van der Waals surface area (Å²) in [7, 11) is 2.78. The second-order valence-corrected chi connectivity index (χ2v) is 4.69. The lowest BCUT2D eigenvalue weighted by Gasteiger charge is -2.11. The number of carbonyl (C=O) groups is 1. The van der Waals surface area contributed by atoms with E-state index in [1.54, 1.807) is 26.0 Å². The van der Waals surface area contributed by atoms with Crippen molar-refractivity contribution in [3.05, 3.63) is 28.8 Å². The van der Waals surface area contributed by atoms with E-state index in [0.29, 0.717) is 11.3 Å². The molecule has 0 amide bonds. The topological polar surface area (TPSA) is 55.8 Å². The van der Waals surface area contributed by atoms with E-state index in [1.165, 1.54) is 14.2 Å². The molecule has 1 rings (SSSR count). The fourth-order valence-corrected chi connectivity index (χ4v) is 1.55. The summed E-state index contributed by atoms with van der Waals surface area (Å²) in [6.07, 6.45) is 0. The highest BCUT2D eigenvalue weighted by Gasteiger charge is 2.18. The highest BCUT2D eigenvalue weighted by atomic mass is 16.5. The van der Waals surface area contributed by atoms with Gasteiger partial charge in [0.05, 0.1) is 14.2 Å². The van der Waals surface area contributed by atoms with Gasteiger partial charge in [0.15, 0.2) is 0 Å². The van der Waals surface area contributed by atoms with Crippen LogP contribution in [0.3, 0.4) is 0 Å². The SMILES string of the molecule is COC(=O)c1c(C#CC(C)(C)O)cc(C)cc1OC. The predicted octanol–water partition coefficient (Wildman–Crippen LogP) is 1.91. The molecule has 4 heteroatoms. The van der Waals surface area contributed by atoms with Gasteiger partial charge < -0.3 is 14.6 Å². The van der Waals surface area contributed by atoms with E-state index in [1.807, 2.05) is 6.92 Å². The molecule has 0 saturated heterocycles. The van der Waals surface area contributed by atoms with E-state index in [-0.39, 0.29) is 5.56 Å². The van der Waals surface area contributed by atoms with Gasteiger partial charge in [-0.05, 0) is 38.5 Å². The third-order valence-corrected chi connectivity index (χ3v) is 2.36. The molecule has 0 atom stereocenters. The lowest BCUT2D eigenvalue weighted by molar-refractivity contribution is 0.0596. The molecule has 0 fully saturated rings. The number of carbonyl (C=O) groups excluding carboxylic acids is 1. The van der Waals surface area contributed by atoms with Crippen LogP contribution >= 0.6 is 0 Å². The fraction of sp³-hybridized carbons (Fsp3) is 0.400. The number of hydrogen-bond donors (Lipinski definition) is 1. The van der Waals surface area contributed by atoms with Gasteiger partial charge in [-0.25, -0.2) is 4.79 Å². The fourth-order valence-electron chi connectivity index (χ4n) is 1.55. The van der Waals surface area contributed by atoms with Crippen LogP contribution in [0.2, 0.25) is 0 Å². The van der Waals surface area contributed by atoms with E-state index in [2.05, 4.69) is 11.8 Å². The van der Waals surface area contributed by atoms with Gasteiger partial charge in [-0.1, -0.05) is 11.8 Å². The highest BCUT2D eigenvalue weighted by Crippen LogP contribution is 2.25.